The number of rotatable bonds is 4. The molecule has 0 unspecified atom stereocenters. The van der Waals surface area contributed by atoms with Crippen LogP contribution in [0.2, 0.25) is 5.02 Å². The second-order valence-corrected chi connectivity index (χ2v) is 4.53. The first-order valence-corrected chi connectivity index (χ1v) is 6.03. The zero-order valence-electron chi connectivity index (χ0n) is 10.1. The van der Waals surface area contributed by atoms with Crippen molar-refractivity contribution >= 4 is 17.3 Å². The van der Waals surface area contributed by atoms with Crippen LogP contribution >= 0.6 is 11.6 Å². The number of anilines is 1. The summed E-state index contributed by atoms with van der Waals surface area (Å²) in [6, 6.07) is 8.32. The van der Waals surface area contributed by atoms with E-state index in [2.05, 4.69) is 35.5 Å². The standard InChI is InChI=1S/C13H16ClN3/c1-10-4-3-5-12(8-10)15-6-7-17-9-13(14)11(2)16-17/h3-5,8-9,15H,6-7H2,1-2H3. The number of nitrogens with zero attached hydrogens (tertiary/aromatic N) is 2. The van der Waals surface area contributed by atoms with Gasteiger partial charge in [0, 0.05) is 18.4 Å². The molecule has 0 radical (unpaired) electrons. The first kappa shape index (κ1) is 12.0. The number of hydrogen-bond acceptors (Lipinski definition) is 2. The molecule has 0 aliphatic heterocycles. The highest BCUT2D eigenvalue weighted by atomic mass is 35.5. The van der Waals surface area contributed by atoms with Crippen molar-refractivity contribution in [2.45, 2.75) is 20.4 Å². The molecule has 0 saturated carbocycles. The van der Waals surface area contributed by atoms with Crippen LogP contribution in [-0.4, -0.2) is 16.3 Å². The van der Waals surface area contributed by atoms with Crippen LogP contribution in [0, 0.1) is 13.8 Å². The zero-order chi connectivity index (χ0) is 12.3. The van der Waals surface area contributed by atoms with Gasteiger partial charge in [0.2, 0.25) is 0 Å². The van der Waals surface area contributed by atoms with Crippen LogP contribution in [0.3, 0.4) is 0 Å². The van der Waals surface area contributed by atoms with Gasteiger partial charge in [0.05, 0.1) is 17.3 Å². The molecule has 90 valence electrons. The van der Waals surface area contributed by atoms with Gasteiger partial charge in [-0.2, -0.15) is 5.10 Å². The second kappa shape index (κ2) is 5.23. The smallest absolute Gasteiger partial charge is 0.0814 e. The first-order chi connectivity index (χ1) is 8.15. The summed E-state index contributed by atoms with van der Waals surface area (Å²) in [6.45, 7) is 5.64. The minimum absolute atomic E-state index is 0.723. The van der Waals surface area contributed by atoms with Crippen LogP contribution in [0.15, 0.2) is 30.5 Å². The van der Waals surface area contributed by atoms with Gasteiger partial charge in [-0.3, -0.25) is 4.68 Å². The molecule has 0 fully saturated rings. The highest BCUT2D eigenvalue weighted by Crippen LogP contribution is 2.12. The van der Waals surface area contributed by atoms with Crippen molar-refractivity contribution < 1.29 is 0 Å². The van der Waals surface area contributed by atoms with Crippen LogP contribution < -0.4 is 5.32 Å². The van der Waals surface area contributed by atoms with E-state index in [0.29, 0.717) is 0 Å². The molecule has 1 N–H and O–H groups in total. The van der Waals surface area contributed by atoms with E-state index in [1.807, 2.05) is 23.9 Å². The average Bonchev–Trinajstić information content (AvgIpc) is 2.58. The molecule has 17 heavy (non-hydrogen) atoms. The monoisotopic (exact) mass is 249 g/mol. The Kier molecular flexibility index (Phi) is 3.69. The van der Waals surface area contributed by atoms with Crippen LogP contribution in [0.1, 0.15) is 11.3 Å². The van der Waals surface area contributed by atoms with Crippen molar-refractivity contribution in [1.82, 2.24) is 9.78 Å². The van der Waals surface area contributed by atoms with Gasteiger partial charge in [-0.05, 0) is 31.5 Å². The highest BCUT2D eigenvalue weighted by Gasteiger charge is 2.01. The molecule has 3 nitrogen and oxygen atoms in total. The van der Waals surface area contributed by atoms with E-state index in [1.165, 1.54) is 5.56 Å². The van der Waals surface area contributed by atoms with Crippen molar-refractivity contribution in [3.05, 3.63) is 46.7 Å². The molecule has 2 rings (SSSR count). The third kappa shape index (κ3) is 3.24. The maximum absolute atomic E-state index is 5.94. The van der Waals surface area contributed by atoms with Gasteiger partial charge in [-0.1, -0.05) is 23.7 Å². The minimum atomic E-state index is 0.723. The van der Waals surface area contributed by atoms with E-state index in [0.717, 1.165) is 29.5 Å². The number of benzene rings is 1. The number of aryl methyl sites for hydroxylation is 2. The lowest BCUT2D eigenvalue weighted by Crippen LogP contribution is -2.11. The molecule has 0 aliphatic carbocycles. The number of nitrogens with one attached hydrogen (secondary N) is 1. The summed E-state index contributed by atoms with van der Waals surface area (Å²) >= 11 is 5.94. The van der Waals surface area contributed by atoms with Gasteiger partial charge < -0.3 is 5.32 Å². The molecule has 0 saturated heterocycles. The van der Waals surface area contributed by atoms with Gasteiger partial charge in [0.1, 0.15) is 0 Å². The Morgan fingerprint density at radius 3 is 2.82 bits per heavy atom. The Balaban J connectivity index is 1.87. The number of aromatic nitrogens is 2. The Morgan fingerprint density at radius 1 is 1.35 bits per heavy atom. The van der Waals surface area contributed by atoms with Crippen LogP contribution in [0.5, 0.6) is 0 Å². The Morgan fingerprint density at radius 2 is 2.18 bits per heavy atom. The molecule has 0 spiro atoms. The van der Waals surface area contributed by atoms with Gasteiger partial charge >= 0.3 is 0 Å². The lowest BCUT2D eigenvalue weighted by molar-refractivity contribution is 0.632. The van der Waals surface area contributed by atoms with E-state index in [1.54, 1.807) is 0 Å². The molecule has 0 amide bonds. The highest BCUT2D eigenvalue weighted by molar-refractivity contribution is 6.31. The molecule has 1 heterocycles. The van der Waals surface area contributed by atoms with Crippen molar-refractivity contribution in [2.75, 3.05) is 11.9 Å². The molecule has 0 bridgehead atoms. The Labute approximate surface area is 106 Å². The second-order valence-electron chi connectivity index (χ2n) is 4.12. The lowest BCUT2D eigenvalue weighted by atomic mass is 10.2. The van der Waals surface area contributed by atoms with Crippen molar-refractivity contribution in [1.29, 1.82) is 0 Å². The normalized spacial score (nSPS) is 10.5. The van der Waals surface area contributed by atoms with Gasteiger partial charge in [-0.25, -0.2) is 0 Å². The fourth-order valence-electron chi connectivity index (χ4n) is 1.68. The maximum atomic E-state index is 5.94. The predicted octanol–water partition coefficient (Wildman–Crippen LogP) is 3.27. The quantitative estimate of drug-likeness (QED) is 0.901. The first-order valence-electron chi connectivity index (χ1n) is 5.65. The fraction of sp³-hybridized carbons (Fsp3) is 0.308. The molecule has 0 atom stereocenters. The van der Waals surface area contributed by atoms with Gasteiger partial charge in [0.25, 0.3) is 0 Å². The number of hydrogen-bond donors (Lipinski definition) is 1. The van der Waals surface area contributed by atoms with Gasteiger partial charge in [-0.15, -0.1) is 0 Å². The molecule has 2 aromatic rings. The summed E-state index contributed by atoms with van der Waals surface area (Å²) in [7, 11) is 0. The Bertz CT molecular complexity index is 486. The van der Waals surface area contributed by atoms with E-state index in [-0.39, 0.29) is 0 Å². The summed E-state index contributed by atoms with van der Waals surface area (Å²) in [5, 5.41) is 8.39. The Hall–Kier alpha value is -1.48. The number of halogens is 1. The largest absolute Gasteiger partial charge is 0.383 e. The van der Waals surface area contributed by atoms with Crippen LogP contribution in [0.25, 0.3) is 0 Å². The summed E-state index contributed by atoms with van der Waals surface area (Å²) in [5.74, 6) is 0. The summed E-state index contributed by atoms with van der Waals surface area (Å²) in [5.41, 5.74) is 3.27. The molecular weight excluding hydrogens is 234 g/mol. The van der Waals surface area contributed by atoms with E-state index >= 15 is 0 Å². The van der Waals surface area contributed by atoms with Crippen LogP contribution in [-0.2, 0) is 6.54 Å². The minimum Gasteiger partial charge on any atom is -0.383 e. The SMILES string of the molecule is Cc1cccc(NCCn2cc(Cl)c(C)n2)c1. The molecular formula is C13H16ClN3. The van der Waals surface area contributed by atoms with Crippen molar-refractivity contribution in [3.8, 4) is 0 Å². The zero-order valence-corrected chi connectivity index (χ0v) is 10.8. The van der Waals surface area contributed by atoms with Crippen molar-refractivity contribution in [2.24, 2.45) is 0 Å². The summed E-state index contributed by atoms with van der Waals surface area (Å²) in [4.78, 5) is 0. The third-order valence-corrected chi connectivity index (χ3v) is 2.95. The molecule has 0 aliphatic rings. The fourth-order valence-corrected chi connectivity index (χ4v) is 1.83. The van der Waals surface area contributed by atoms with Crippen LogP contribution in [0.4, 0.5) is 5.69 Å². The van der Waals surface area contributed by atoms with Gasteiger partial charge in [0.15, 0.2) is 0 Å². The van der Waals surface area contributed by atoms with Crippen molar-refractivity contribution in [3.63, 3.8) is 0 Å². The predicted molar refractivity (Wildman–Crippen MR) is 71.6 cm³/mol. The topological polar surface area (TPSA) is 29.9 Å². The molecule has 4 heteroatoms. The third-order valence-electron chi connectivity index (χ3n) is 2.57. The molecule has 1 aromatic carbocycles. The maximum Gasteiger partial charge on any atom is 0.0814 e. The molecule has 1 aromatic heterocycles. The van der Waals surface area contributed by atoms with E-state index in [9.17, 15) is 0 Å². The summed E-state index contributed by atoms with van der Waals surface area (Å²) < 4.78 is 1.86. The lowest BCUT2D eigenvalue weighted by Gasteiger charge is -2.07. The van der Waals surface area contributed by atoms with E-state index < -0.39 is 0 Å². The summed E-state index contributed by atoms with van der Waals surface area (Å²) in [6.07, 6.45) is 1.86. The van der Waals surface area contributed by atoms with E-state index in [4.69, 9.17) is 11.6 Å². The average molecular weight is 250 g/mol.